The second kappa shape index (κ2) is 4.30. The third-order valence-corrected chi connectivity index (χ3v) is 2.93. The molecule has 2 aromatic heterocycles. The summed E-state index contributed by atoms with van der Waals surface area (Å²) in [7, 11) is 0. The quantitative estimate of drug-likeness (QED) is 0.763. The van der Waals surface area contributed by atoms with E-state index in [9.17, 15) is 0 Å². The van der Waals surface area contributed by atoms with Gasteiger partial charge in [0.25, 0.3) is 0 Å². The van der Waals surface area contributed by atoms with Crippen molar-refractivity contribution in [2.24, 2.45) is 0 Å². The summed E-state index contributed by atoms with van der Waals surface area (Å²) < 4.78 is 1.71. The van der Waals surface area contributed by atoms with Crippen molar-refractivity contribution in [2.75, 3.05) is 0 Å². The lowest BCUT2D eigenvalue weighted by Crippen LogP contribution is -2.13. The lowest BCUT2D eigenvalue weighted by Gasteiger charge is -2.11. The Kier molecular flexibility index (Phi) is 3.13. The zero-order chi connectivity index (χ0) is 12.6. The summed E-state index contributed by atoms with van der Waals surface area (Å²) in [5, 5.41) is 5.09. The summed E-state index contributed by atoms with van der Waals surface area (Å²) >= 11 is 6.22. The van der Waals surface area contributed by atoms with Crippen LogP contribution >= 0.6 is 11.6 Å². The molecule has 0 saturated heterocycles. The first-order chi connectivity index (χ1) is 7.91. The number of hydrogen-bond donors (Lipinski definition) is 0. The van der Waals surface area contributed by atoms with Gasteiger partial charge >= 0.3 is 0 Å². The predicted molar refractivity (Wildman–Crippen MR) is 70.7 cm³/mol. The molecule has 0 unspecified atom stereocenters. The largest absolute Gasteiger partial charge is 0.211 e. The maximum absolute atomic E-state index is 6.22. The fourth-order valence-corrected chi connectivity index (χ4v) is 2.01. The van der Waals surface area contributed by atoms with Gasteiger partial charge in [-0.15, -0.1) is 5.10 Å². The predicted octanol–water partition coefficient (Wildman–Crippen LogP) is 3.63. The molecule has 0 bridgehead atoms. The maximum Gasteiger partial charge on any atom is 0.157 e. The fourth-order valence-electron chi connectivity index (χ4n) is 1.75. The van der Waals surface area contributed by atoms with Gasteiger partial charge in [0, 0.05) is 5.41 Å². The van der Waals surface area contributed by atoms with Gasteiger partial charge in [-0.25, -0.2) is 9.50 Å². The molecule has 0 aliphatic carbocycles. The third-order valence-electron chi connectivity index (χ3n) is 2.66. The van der Waals surface area contributed by atoms with E-state index in [1.165, 1.54) is 5.56 Å². The second-order valence-corrected chi connectivity index (χ2v) is 5.78. The smallest absolute Gasteiger partial charge is 0.157 e. The highest BCUT2D eigenvalue weighted by molar-refractivity contribution is 6.29. The lowest BCUT2D eigenvalue weighted by molar-refractivity contribution is 0.545. The van der Waals surface area contributed by atoms with Crippen molar-refractivity contribution in [2.45, 2.75) is 46.0 Å². The molecule has 0 amide bonds. The van der Waals surface area contributed by atoms with Gasteiger partial charge in [0.1, 0.15) is 5.15 Å². The molecular formula is C13H18ClN3. The number of pyridine rings is 1. The van der Waals surface area contributed by atoms with Crippen LogP contribution in [0.2, 0.25) is 5.15 Å². The van der Waals surface area contributed by atoms with E-state index in [1.54, 1.807) is 4.52 Å². The topological polar surface area (TPSA) is 30.2 Å². The zero-order valence-electron chi connectivity index (χ0n) is 10.8. The van der Waals surface area contributed by atoms with Crippen molar-refractivity contribution >= 4 is 17.2 Å². The minimum absolute atomic E-state index is 0.0553. The van der Waals surface area contributed by atoms with Gasteiger partial charge in [0.2, 0.25) is 0 Å². The first kappa shape index (κ1) is 12.4. The summed E-state index contributed by atoms with van der Waals surface area (Å²) in [4.78, 5) is 4.56. The van der Waals surface area contributed by atoms with E-state index in [0.29, 0.717) is 5.15 Å². The molecule has 17 heavy (non-hydrogen) atoms. The molecule has 0 atom stereocenters. The minimum atomic E-state index is -0.0553. The van der Waals surface area contributed by atoms with E-state index >= 15 is 0 Å². The molecule has 2 aromatic rings. The summed E-state index contributed by atoms with van der Waals surface area (Å²) in [6, 6.07) is 4.04. The summed E-state index contributed by atoms with van der Waals surface area (Å²) in [6.45, 7) is 8.45. The van der Waals surface area contributed by atoms with Crippen LogP contribution in [0.15, 0.2) is 12.1 Å². The van der Waals surface area contributed by atoms with Gasteiger partial charge in [-0.2, -0.15) is 0 Å². The number of hydrogen-bond acceptors (Lipinski definition) is 2. The molecule has 2 heterocycles. The van der Waals surface area contributed by atoms with E-state index in [1.807, 2.05) is 6.07 Å². The summed E-state index contributed by atoms with van der Waals surface area (Å²) in [5.41, 5.74) is 2.00. The molecule has 2 rings (SSSR count). The Hall–Kier alpha value is -1.09. The Morgan fingerprint density at radius 3 is 2.59 bits per heavy atom. The molecule has 92 valence electrons. The van der Waals surface area contributed by atoms with Gasteiger partial charge in [-0.05, 0) is 24.1 Å². The first-order valence-electron chi connectivity index (χ1n) is 5.97. The maximum atomic E-state index is 6.22. The third kappa shape index (κ3) is 2.44. The average molecular weight is 252 g/mol. The van der Waals surface area contributed by atoms with Gasteiger partial charge in [0.05, 0.1) is 0 Å². The van der Waals surface area contributed by atoms with Crippen LogP contribution in [0, 0.1) is 0 Å². The highest BCUT2D eigenvalue weighted by Crippen LogP contribution is 2.22. The summed E-state index contributed by atoms with van der Waals surface area (Å²) in [6.07, 6.45) is 2.13. The van der Waals surface area contributed by atoms with Crippen LogP contribution in [0.25, 0.3) is 5.65 Å². The van der Waals surface area contributed by atoms with Crippen LogP contribution in [-0.4, -0.2) is 14.6 Å². The molecule has 4 heteroatoms. The van der Waals surface area contributed by atoms with Crippen LogP contribution in [0.4, 0.5) is 0 Å². The molecule has 0 N–H and O–H groups in total. The van der Waals surface area contributed by atoms with Crippen LogP contribution in [0.3, 0.4) is 0 Å². The number of fused-ring (bicyclic) bond motifs is 1. The van der Waals surface area contributed by atoms with E-state index in [-0.39, 0.29) is 5.41 Å². The molecular weight excluding hydrogens is 234 g/mol. The zero-order valence-corrected chi connectivity index (χ0v) is 11.5. The Labute approximate surface area is 107 Å². The highest BCUT2D eigenvalue weighted by Gasteiger charge is 2.20. The Morgan fingerprint density at radius 1 is 1.29 bits per heavy atom. The van der Waals surface area contributed by atoms with Gasteiger partial charge in [-0.1, -0.05) is 45.7 Å². The highest BCUT2D eigenvalue weighted by atomic mass is 35.5. The van der Waals surface area contributed by atoms with Crippen LogP contribution in [0.1, 0.15) is 45.5 Å². The van der Waals surface area contributed by atoms with E-state index in [2.05, 4.69) is 43.8 Å². The Bertz CT molecular complexity index is 537. The van der Waals surface area contributed by atoms with Crippen molar-refractivity contribution in [3.63, 3.8) is 0 Å². The number of aryl methyl sites for hydroxylation is 1. The number of aromatic nitrogens is 3. The molecule has 0 spiro atoms. The molecule has 3 nitrogen and oxygen atoms in total. The summed E-state index contributed by atoms with van der Waals surface area (Å²) in [5.74, 6) is 0.827. The number of nitrogens with zero attached hydrogens (tertiary/aromatic N) is 3. The van der Waals surface area contributed by atoms with Gasteiger partial charge < -0.3 is 0 Å². The van der Waals surface area contributed by atoms with Crippen LogP contribution < -0.4 is 0 Å². The molecule has 0 radical (unpaired) electrons. The lowest BCUT2D eigenvalue weighted by atomic mass is 9.96. The SMILES string of the molecule is CCCc1cc(Cl)n2nc(C(C)(C)C)nc2c1. The first-order valence-corrected chi connectivity index (χ1v) is 6.35. The van der Waals surface area contributed by atoms with E-state index in [0.717, 1.165) is 24.3 Å². The van der Waals surface area contributed by atoms with Crippen molar-refractivity contribution < 1.29 is 0 Å². The molecule has 0 fully saturated rings. The molecule has 0 aliphatic heterocycles. The molecule has 0 aromatic carbocycles. The normalized spacial score (nSPS) is 12.3. The van der Waals surface area contributed by atoms with Gasteiger partial charge in [-0.3, -0.25) is 0 Å². The van der Waals surface area contributed by atoms with Crippen LogP contribution in [0.5, 0.6) is 0 Å². The monoisotopic (exact) mass is 251 g/mol. The van der Waals surface area contributed by atoms with E-state index in [4.69, 9.17) is 11.6 Å². The van der Waals surface area contributed by atoms with Crippen molar-refractivity contribution in [3.05, 3.63) is 28.7 Å². The molecule has 0 saturated carbocycles. The van der Waals surface area contributed by atoms with Crippen molar-refractivity contribution in [1.82, 2.24) is 14.6 Å². The Morgan fingerprint density at radius 2 is 2.00 bits per heavy atom. The van der Waals surface area contributed by atoms with Crippen LogP contribution in [-0.2, 0) is 11.8 Å². The standard InChI is InChI=1S/C13H18ClN3/c1-5-6-9-7-10(14)17-11(8-9)15-12(16-17)13(2,3)4/h7-8H,5-6H2,1-4H3. The van der Waals surface area contributed by atoms with Crippen molar-refractivity contribution in [3.8, 4) is 0 Å². The minimum Gasteiger partial charge on any atom is -0.211 e. The number of rotatable bonds is 2. The Balaban J connectivity index is 2.57. The van der Waals surface area contributed by atoms with E-state index < -0.39 is 0 Å². The average Bonchev–Trinajstić information content (AvgIpc) is 2.61. The van der Waals surface area contributed by atoms with Gasteiger partial charge in [0.15, 0.2) is 11.5 Å². The molecule has 0 aliphatic rings. The fraction of sp³-hybridized carbons (Fsp3) is 0.538. The number of halogens is 1. The second-order valence-electron chi connectivity index (χ2n) is 5.39. The van der Waals surface area contributed by atoms with Crippen molar-refractivity contribution in [1.29, 1.82) is 0 Å².